The lowest BCUT2D eigenvalue weighted by atomic mass is 9.94. The van der Waals surface area contributed by atoms with E-state index in [0.717, 1.165) is 0 Å². The number of benzene rings is 1. The van der Waals surface area contributed by atoms with Gasteiger partial charge >= 0.3 is 5.97 Å². The zero-order chi connectivity index (χ0) is 14.7. The lowest BCUT2D eigenvalue weighted by Gasteiger charge is -2.18. The fourth-order valence-electron chi connectivity index (χ4n) is 1.83. The van der Waals surface area contributed by atoms with Crippen molar-refractivity contribution < 1.29 is 24.2 Å². The average Bonchev–Trinajstić information content (AvgIpc) is 2.35. The number of ether oxygens (including phenoxy) is 2. The summed E-state index contributed by atoms with van der Waals surface area (Å²) in [5.41, 5.74) is 0.692. The molecule has 5 nitrogen and oxygen atoms in total. The SMILES string of the molecule is COc1cc(C(=O)C(=O)O)c(C(C)C)c(Br)c1OC. The molecule has 0 atom stereocenters. The van der Waals surface area contributed by atoms with Crippen molar-refractivity contribution in [2.45, 2.75) is 19.8 Å². The van der Waals surface area contributed by atoms with Gasteiger partial charge in [-0.25, -0.2) is 4.79 Å². The number of carboxylic acid groups (broad SMARTS) is 1. The number of carbonyl (C=O) groups is 2. The summed E-state index contributed by atoms with van der Waals surface area (Å²) in [6, 6.07) is 1.40. The fourth-order valence-corrected chi connectivity index (χ4v) is 2.86. The average molecular weight is 331 g/mol. The molecule has 0 heterocycles. The summed E-state index contributed by atoms with van der Waals surface area (Å²) < 4.78 is 10.9. The standard InChI is InChI=1S/C13H15BrO5/c1-6(2)9-7(11(15)13(16)17)5-8(18-3)12(19-4)10(9)14/h5-6H,1-4H3,(H,16,17). The van der Waals surface area contributed by atoms with E-state index in [0.29, 0.717) is 21.5 Å². The molecule has 1 rings (SSSR count). The summed E-state index contributed by atoms with van der Waals surface area (Å²) in [5, 5.41) is 8.89. The normalized spacial score (nSPS) is 10.4. The van der Waals surface area contributed by atoms with E-state index in [4.69, 9.17) is 14.6 Å². The Morgan fingerprint density at radius 2 is 1.84 bits per heavy atom. The second kappa shape index (κ2) is 6.06. The van der Waals surface area contributed by atoms with Crippen LogP contribution in [-0.4, -0.2) is 31.1 Å². The van der Waals surface area contributed by atoms with Crippen molar-refractivity contribution in [3.8, 4) is 11.5 Å². The summed E-state index contributed by atoms with van der Waals surface area (Å²) in [5.74, 6) is -1.77. The van der Waals surface area contributed by atoms with E-state index in [1.165, 1.54) is 20.3 Å². The summed E-state index contributed by atoms with van der Waals surface area (Å²) in [6.45, 7) is 3.73. The number of hydrogen-bond acceptors (Lipinski definition) is 4. The van der Waals surface area contributed by atoms with Crippen LogP contribution in [0.3, 0.4) is 0 Å². The van der Waals surface area contributed by atoms with Gasteiger partial charge in [0, 0.05) is 5.56 Å². The Hall–Kier alpha value is -1.56. The molecule has 0 saturated carbocycles. The Labute approximate surface area is 119 Å². The number of Topliss-reactive ketones (excluding diaryl/α,β-unsaturated/α-hetero) is 1. The third-order valence-electron chi connectivity index (χ3n) is 2.67. The van der Waals surface area contributed by atoms with E-state index >= 15 is 0 Å². The number of ketones is 1. The molecule has 1 N–H and O–H groups in total. The van der Waals surface area contributed by atoms with Crippen molar-refractivity contribution in [3.05, 3.63) is 21.7 Å². The maximum absolute atomic E-state index is 11.8. The Balaban J connectivity index is 3.66. The first-order valence-electron chi connectivity index (χ1n) is 5.57. The van der Waals surface area contributed by atoms with E-state index in [-0.39, 0.29) is 11.5 Å². The smallest absolute Gasteiger partial charge is 0.377 e. The van der Waals surface area contributed by atoms with E-state index < -0.39 is 11.8 Å². The van der Waals surface area contributed by atoms with Gasteiger partial charge in [0.2, 0.25) is 0 Å². The van der Waals surface area contributed by atoms with Crippen LogP contribution in [0.4, 0.5) is 0 Å². The van der Waals surface area contributed by atoms with Crippen molar-refractivity contribution in [1.82, 2.24) is 0 Å². The molecular formula is C13H15BrO5. The van der Waals surface area contributed by atoms with Gasteiger partial charge in [0.15, 0.2) is 11.5 Å². The molecule has 0 aliphatic heterocycles. The van der Waals surface area contributed by atoms with Crippen LogP contribution in [-0.2, 0) is 4.79 Å². The van der Waals surface area contributed by atoms with Crippen molar-refractivity contribution in [3.63, 3.8) is 0 Å². The largest absolute Gasteiger partial charge is 0.493 e. The Morgan fingerprint density at radius 1 is 1.26 bits per heavy atom. The lowest BCUT2D eigenvalue weighted by molar-refractivity contribution is -0.131. The molecule has 0 unspecified atom stereocenters. The van der Waals surface area contributed by atoms with Crippen molar-refractivity contribution >= 4 is 27.7 Å². The first-order valence-corrected chi connectivity index (χ1v) is 6.36. The highest BCUT2D eigenvalue weighted by Gasteiger charge is 2.26. The van der Waals surface area contributed by atoms with Gasteiger partial charge in [0.05, 0.1) is 18.7 Å². The monoisotopic (exact) mass is 330 g/mol. The number of aliphatic carboxylic acids is 1. The van der Waals surface area contributed by atoms with Crippen molar-refractivity contribution in [2.24, 2.45) is 0 Å². The Kier molecular flexibility index (Phi) is 4.94. The molecule has 0 radical (unpaired) electrons. The third-order valence-corrected chi connectivity index (χ3v) is 3.45. The molecule has 0 aliphatic rings. The fraction of sp³-hybridized carbons (Fsp3) is 0.385. The second-order valence-corrected chi connectivity index (χ2v) is 4.97. The summed E-state index contributed by atoms with van der Waals surface area (Å²) in [6.07, 6.45) is 0. The van der Waals surface area contributed by atoms with Crippen LogP contribution in [0.2, 0.25) is 0 Å². The van der Waals surface area contributed by atoms with Gasteiger partial charge in [-0.05, 0) is 33.5 Å². The summed E-state index contributed by atoms with van der Waals surface area (Å²) >= 11 is 3.35. The number of hydrogen-bond donors (Lipinski definition) is 1. The van der Waals surface area contributed by atoms with Crippen LogP contribution >= 0.6 is 15.9 Å². The molecule has 104 valence electrons. The van der Waals surface area contributed by atoms with E-state index in [1.807, 2.05) is 13.8 Å². The molecule has 0 saturated heterocycles. The molecule has 19 heavy (non-hydrogen) atoms. The van der Waals surface area contributed by atoms with Crippen LogP contribution < -0.4 is 9.47 Å². The Bertz CT molecular complexity index is 522. The van der Waals surface area contributed by atoms with Gasteiger partial charge in [0.1, 0.15) is 0 Å². The molecule has 6 heteroatoms. The van der Waals surface area contributed by atoms with Gasteiger partial charge in [-0.15, -0.1) is 0 Å². The molecular weight excluding hydrogens is 316 g/mol. The predicted octanol–water partition coefficient (Wildman–Crippen LogP) is 2.86. The van der Waals surface area contributed by atoms with Crippen molar-refractivity contribution in [2.75, 3.05) is 14.2 Å². The molecule has 0 fully saturated rings. The van der Waals surface area contributed by atoms with Gasteiger partial charge in [-0.2, -0.15) is 0 Å². The van der Waals surface area contributed by atoms with Crippen LogP contribution in [0.5, 0.6) is 11.5 Å². The van der Waals surface area contributed by atoms with Crippen LogP contribution in [0.1, 0.15) is 35.7 Å². The molecule has 0 aliphatic carbocycles. The first kappa shape index (κ1) is 15.5. The maximum atomic E-state index is 11.8. The van der Waals surface area contributed by atoms with E-state index in [9.17, 15) is 9.59 Å². The van der Waals surface area contributed by atoms with Gasteiger partial charge in [-0.1, -0.05) is 13.8 Å². The highest BCUT2D eigenvalue weighted by molar-refractivity contribution is 9.10. The number of rotatable bonds is 5. The number of carbonyl (C=O) groups excluding carboxylic acids is 1. The third kappa shape index (κ3) is 2.89. The molecule has 1 aromatic carbocycles. The molecule has 0 bridgehead atoms. The summed E-state index contributed by atoms with van der Waals surface area (Å²) in [4.78, 5) is 22.7. The van der Waals surface area contributed by atoms with Gasteiger partial charge in [-0.3, -0.25) is 4.79 Å². The zero-order valence-corrected chi connectivity index (χ0v) is 12.7. The lowest BCUT2D eigenvalue weighted by Crippen LogP contribution is -2.16. The molecule has 0 spiro atoms. The highest BCUT2D eigenvalue weighted by Crippen LogP contribution is 2.42. The van der Waals surface area contributed by atoms with Crippen molar-refractivity contribution in [1.29, 1.82) is 0 Å². The highest BCUT2D eigenvalue weighted by atomic mass is 79.9. The molecule has 0 amide bonds. The van der Waals surface area contributed by atoms with E-state index in [2.05, 4.69) is 15.9 Å². The predicted molar refractivity (Wildman–Crippen MR) is 73.3 cm³/mol. The minimum absolute atomic E-state index is 0.0486. The Morgan fingerprint density at radius 3 is 2.21 bits per heavy atom. The second-order valence-electron chi connectivity index (χ2n) is 4.18. The number of methoxy groups -OCH3 is 2. The van der Waals surface area contributed by atoms with Crippen LogP contribution in [0.15, 0.2) is 10.5 Å². The molecule has 0 aromatic heterocycles. The minimum Gasteiger partial charge on any atom is -0.493 e. The van der Waals surface area contributed by atoms with Crippen LogP contribution in [0, 0.1) is 0 Å². The topological polar surface area (TPSA) is 72.8 Å². The number of carboxylic acids is 1. The first-order chi connectivity index (χ1) is 8.84. The quantitative estimate of drug-likeness (QED) is 0.663. The molecule has 1 aromatic rings. The zero-order valence-electron chi connectivity index (χ0n) is 11.1. The maximum Gasteiger partial charge on any atom is 0.377 e. The number of halogens is 1. The van der Waals surface area contributed by atoms with Gasteiger partial charge < -0.3 is 14.6 Å². The summed E-state index contributed by atoms with van der Waals surface area (Å²) in [7, 11) is 2.90. The van der Waals surface area contributed by atoms with E-state index in [1.54, 1.807) is 0 Å². The van der Waals surface area contributed by atoms with Gasteiger partial charge in [0.25, 0.3) is 5.78 Å². The minimum atomic E-state index is -1.50. The van der Waals surface area contributed by atoms with Crippen LogP contribution in [0.25, 0.3) is 0 Å².